The lowest BCUT2D eigenvalue weighted by Crippen LogP contribution is -2.02. The highest BCUT2D eigenvalue weighted by Crippen LogP contribution is 2.21. The van der Waals surface area contributed by atoms with E-state index in [1.54, 1.807) is 12.1 Å². The molecule has 0 saturated heterocycles. The molecule has 1 N–H and O–H groups in total. The maximum Gasteiger partial charge on any atom is 0.337 e. The number of hydrogen-bond acceptors (Lipinski definition) is 3. The third-order valence-electron chi connectivity index (χ3n) is 3.31. The first kappa shape index (κ1) is 15.5. The van der Waals surface area contributed by atoms with Gasteiger partial charge in [-0.05, 0) is 28.8 Å². The predicted octanol–water partition coefficient (Wildman–Crippen LogP) is 3.32. The van der Waals surface area contributed by atoms with Gasteiger partial charge in [-0.1, -0.05) is 43.0 Å². The van der Waals surface area contributed by atoms with Crippen LogP contribution in [0.5, 0.6) is 0 Å². The molecule has 0 unspecified atom stereocenters. The zero-order valence-corrected chi connectivity index (χ0v) is 12.2. The van der Waals surface area contributed by atoms with Crippen molar-refractivity contribution in [2.45, 2.75) is 6.42 Å². The van der Waals surface area contributed by atoms with E-state index >= 15 is 0 Å². The molecule has 2 aromatic rings. The third kappa shape index (κ3) is 3.61. The van der Waals surface area contributed by atoms with E-state index in [-0.39, 0.29) is 11.5 Å². The molecular weight excluding hydrogens is 280 g/mol. The molecule has 4 nitrogen and oxygen atoms in total. The molecule has 2 aromatic carbocycles. The second-order valence-electron chi connectivity index (χ2n) is 4.85. The van der Waals surface area contributed by atoms with E-state index in [9.17, 15) is 9.59 Å². The molecule has 0 aromatic heterocycles. The van der Waals surface area contributed by atoms with Crippen LogP contribution in [0, 0.1) is 0 Å². The van der Waals surface area contributed by atoms with Crippen LogP contribution in [0.2, 0.25) is 0 Å². The molecule has 4 heteroatoms. The predicted molar refractivity (Wildman–Crippen MR) is 83.7 cm³/mol. The van der Waals surface area contributed by atoms with Gasteiger partial charge in [0, 0.05) is 12.0 Å². The van der Waals surface area contributed by atoms with Gasteiger partial charge in [0.15, 0.2) is 0 Å². The maximum atomic E-state index is 11.4. The van der Waals surface area contributed by atoms with Crippen molar-refractivity contribution in [2.75, 3.05) is 7.11 Å². The summed E-state index contributed by atoms with van der Waals surface area (Å²) in [6.45, 7) is 3.52. The number of carboxylic acid groups (broad SMARTS) is 1. The van der Waals surface area contributed by atoms with Crippen LogP contribution in [0.25, 0.3) is 11.1 Å². The number of hydrogen-bond donors (Lipinski definition) is 1. The van der Waals surface area contributed by atoms with Crippen LogP contribution < -0.4 is 0 Å². The molecule has 2 rings (SSSR count). The number of esters is 1. The Balaban J connectivity index is 2.15. The van der Waals surface area contributed by atoms with Crippen LogP contribution in [0.1, 0.15) is 15.9 Å². The normalized spacial score (nSPS) is 10.0. The Morgan fingerprint density at radius 3 is 1.95 bits per heavy atom. The average molecular weight is 296 g/mol. The fraction of sp³-hybridized carbons (Fsp3) is 0.111. The molecule has 0 spiro atoms. The Hall–Kier alpha value is -2.88. The van der Waals surface area contributed by atoms with E-state index in [1.807, 2.05) is 36.4 Å². The lowest BCUT2D eigenvalue weighted by Gasteiger charge is -2.06. The fourth-order valence-electron chi connectivity index (χ4n) is 2.05. The first-order valence-corrected chi connectivity index (χ1v) is 6.70. The monoisotopic (exact) mass is 296 g/mol. The topological polar surface area (TPSA) is 63.6 Å². The van der Waals surface area contributed by atoms with Crippen LogP contribution in [0.4, 0.5) is 0 Å². The summed E-state index contributed by atoms with van der Waals surface area (Å²) in [5.41, 5.74) is 3.51. The van der Waals surface area contributed by atoms with Gasteiger partial charge in [0.1, 0.15) is 0 Å². The minimum absolute atomic E-state index is 0.162. The van der Waals surface area contributed by atoms with Crippen molar-refractivity contribution >= 4 is 11.9 Å². The quantitative estimate of drug-likeness (QED) is 0.679. The Morgan fingerprint density at radius 1 is 1.00 bits per heavy atom. The standard InChI is InChI=1S/C18H16O4/c1-12(17(19)20)11-13-3-5-14(6-4-13)15-7-9-16(10-8-15)18(21)22-2/h3-10H,1,11H2,2H3,(H,19,20). The Morgan fingerprint density at radius 2 is 1.50 bits per heavy atom. The molecule has 0 aliphatic carbocycles. The molecular formula is C18H16O4. The Bertz CT molecular complexity index is 697. The number of carboxylic acids is 1. The smallest absolute Gasteiger partial charge is 0.337 e. The molecule has 0 radical (unpaired) electrons. The van der Waals surface area contributed by atoms with E-state index in [1.165, 1.54) is 7.11 Å². The van der Waals surface area contributed by atoms with Gasteiger partial charge in [-0.3, -0.25) is 0 Å². The number of carbonyl (C=O) groups is 2. The summed E-state index contributed by atoms with van der Waals surface area (Å²) in [4.78, 5) is 22.2. The summed E-state index contributed by atoms with van der Waals surface area (Å²) in [5, 5.41) is 8.83. The lowest BCUT2D eigenvalue weighted by atomic mass is 10.00. The molecule has 0 aliphatic heterocycles. The van der Waals surface area contributed by atoms with Crippen molar-refractivity contribution in [3.8, 4) is 11.1 Å². The van der Waals surface area contributed by atoms with E-state index in [0.717, 1.165) is 16.7 Å². The molecule has 0 heterocycles. The summed E-state index contributed by atoms with van der Waals surface area (Å²) in [6, 6.07) is 14.7. The first-order chi connectivity index (χ1) is 10.5. The fourth-order valence-corrected chi connectivity index (χ4v) is 2.05. The Kier molecular flexibility index (Phi) is 4.73. The largest absolute Gasteiger partial charge is 0.478 e. The van der Waals surface area contributed by atoms with Crippen LogP contribution in [-0.4, -0.2) is 24.2 Å². The SMILES string of the molecule is C=C(Cc1ccc(-c2ccc(C(=O)OC)cc2)cc1)C(=O)O. The maximum absolute atomic E-state index is 11.4. The summed E-state index contributed by atoms with van der Waals surface area (Å²) >= 11 is 0. The summed E-state index contributed by atoms with van der Waals surface area (Å²) < 4.78 is 4.66. The van der Waals surface area contributed by atoms with Crippen LogP contribution >= 0.6 is 0 Å². The van der Waals surface area contributed by atoms with E-state index in [2.05, 4.69) is 11.3 Å². The molecule has 22 heavy (non-hydrogen) atoms. The third-order valence-corrected chi connectivity index (χ3v) is 3.31. The van der Waals surface area contributed by atoms with Gasteiger partial charge in [-0.25, -0.2) is 9.59 Å². The van der Waals surface area contributed by atoms with Crippen LogP contribution in [0.15, 0.2) is 60.7 Å². The zero-order valence-electron chi connectivity index (χ0n) is 12.2. The zero-order chi connectivity index (χ0) is 16.1. The number of benzene rings is 2. The van der Waals surface area contributed by atoms with Gasteiger partial charge in [0.25, 0.3) is 0 Å². The van der Waals surface area contributed by atoms with Crippen molar-refractivity contribution in [3.05, 3.63) is 71.8 Å². The van der Waals surface area contributed by atoms with Gasteiger partial charge < -0.3 is 9.84 Å². The van der Waals surface area contributed by atoms with Gasteiger partial charge in [0.2, 0.25) is 0 Å². The van der Waals surface area contributed by atoms with Crippen LogP contribution in [-0.2, 0) is 16.0 Å². The number of carbonyl (C=O) groups excluding carboxylic acids is 1. The molecule has 0 saturated carbocycles. The number of rotatable bonds is 5. The molecule has 112 valence electrons. The first-order valence-electron chi connectivity index (χ1n) is 6.70. The second kappa shape index (κ2) is 6.72. The summed E-state index contributed by atoms with van der Waals surface area (Å²) in [5.74, 6) is -1.35. The highest BCUT2D eigenvalue weighted by Gasteiger charge is 2.07. The highest BCUT2D eigenvalue weighted by atomic mass is 16.5. The van der Waals surface area contributed by atoms with Crippen molar-refractivity contribution in [3.63, 3.8) is 0 Å². The van der Waals surface area contributed by atoms with Gasteiger partial charge in [-0.2, -0.15) is 0 Å². The van der Waals surface area contributed by atoms with E-state index in [4.69, 9.17) is 5.11 Å². The lowest BCUT2D eigenvalue weighted by molar-refractivity contribution is -0.132. The molecule has 0 amide bonds. The van der Waals surface area contributed by atoms with Crippen molar-refractivity contribution in [1.29, 1.82) is 0 Å². The second-order valence-corrected chi connectivity index (χ2v) is 4.85. The van der Waals surface area contributed by atoms with Gasteiger partial charge >= 0.3 is 11.9 Å². The minimum atomic E-state index is -0.984. The number of methoxy groups -OCH3 is 1. The number of aliphatic carboxylic acids is 1. The van der Waals surface area contributed by atoms with Crippen molar-refractivity contribution in [1.82, 2.24) is 0 Å². The molecule has 0 fully saturated rings. The Labute approximate surface area is 128 Å². The van der Waals surface area contributed by atoms with Crippen LogP contribution in [0.3, 0.4) is 0 Å². The molecule has 0 aliphatic rings. The number of ether oxygens (including phenoxy) is 1. The summed E-state index contributed by atoms with van der Waals surface area (Å²) in [6.07, 6.45) is 0.316. The summed E-state index contributed by atoms with van der Waals surface area (Å²) in [7, 11) is 1.35. The van der Waals surface area contributed by atoms with Gasteiger partial charge in [-0.15, -0.1) is 0 Å². The average Bonchev–Trinajstić information content (AvgIpc) is 2.55. The van der Waals surface area contributed by atoms with Crippen molar-refractivity contribution in [2.24, 2.45) is 0 Å². The van der Waals surface area contributed by atoms with Gasteiger partial charge in [0.05, 0.1) is 12.7 Å². The highest BCUT2D eigenvalue weighted by molar-refractivity contribution is 5.90. The van der Waals surface area contributed by atoms with E-state index in [0.29, 0.717) is 12.0 Å². The molecule has 0 bridgehead atoms. The van der Waals surface area contributed by atoms with Crippen molar-refractivity contribution < 1.29 is 19.4 Å². The minimum Gasteiger partial charge on any atom is -0.478 e. The van der Waals surface area contributed by atoms with E-state index < -0.39 is 5.97 Å². The molecule has 0 atom stereocenters.